The average molecular weight is 137 g/mol. The second-order valence-electron chi connectivity index (χ2n) is 2.13. The maximum Gasteiger partial charge on any atom is 0.273 e. The summed E-state index contributed by atoms with van der Waals surface area (Å²) >= 11 is 0. The van der Waals surface area contributed by atoms with Gasteiger partial charge in [0.15, 0.2) is 0 Å². The lowest BCUT2D eigenvalue weighted by atomic mass is 10.4. The van der Waals surface area contributed by atoms with Gasteiger partial charge in [-0.3, -0.25) is 4.79 Å². The zero-order chi connectivity index (χ0) is 6.97. The van der Waals surface area contributed by atoms with Crippen LogP contribution in [0.4, 0.5) is 11.4 Å². The highest BCUT2D eigenvalue weighted by Crippen LogP contribution is 2.18. The molecule has 10 heavy (non-hydrogen) atoms. The Balaban J connectivity index is 2.70. The van der Waals surface area contributed by atoms with Gasteiger partial charge in [0.1, 0.15) is 5.69 Å². The van der Waals surface area contributed by atoms with Gasteiger partial charge in [-0.1, -0.05) is 0 Å². The fraction of sp³-hybridized carbons (Fsp3) is 0.167. The number of hydrogen-bond donors (Lipinski definition) is 3. The Kier molecular flexibility index (Phi) is 0.943. The van der Waals surface area contributed by atoms with Crippen LogP contribution in [0, 0.1) is 0 Å². The topological polar surface area (TPSA) is 56.9 Å². The Hall–Kier alpha value is -1.45. The molecule has 3 N–H and O–H groups in total. The molecule has 0 atom stereocenters. The third-order valence-electron chi connectivity index (χ3n) is 1.50. The summed E-state index contributed by atoms with van der Waals surface area (Å²) < 4.78 is 0. The first-order valence-electron chi connectivity index (χ1n) is 3.07. The molecule has 0 aliphatic carbocycles. The van der Waals surface area contributed by atoms with Gasteiger partial charge >= 0.3 is 0 Å². The molecule has 52 valence electrons. The number of H-pyrrole nitrogens is 1. The van der Waals surface area contributed by atoms with E-state index in [9.17, 15) is 4.79 Å². The van der Waals surface area contributed by atoms with Crippen LogP contribution < -0.4 is 16.2 Å². The maximum atomic E-state index is 11.0. The van der Waals surface area contributed by atoms with E-state index >= 15 is 0 Å². The number of hydrogen-bond acceptors (Lipinski definition) is 3. The van der Waals surface area contributed by atoms with Crippen molar-refractivity contribution in [2.45, 2.75) is 0 Å². The van der Waals surface area contributed by atoms with Gasteiger partial charge in [-0.25, -0.2) is 0 Å². The molecule has 0 bridgehead atoms. The highest BCUT2D eigenvalue weighted by Gasteiger charge is 2.10. The van der Waals surface area contributed by atoms with E-state index in [1.807, 2.05) is 6.07 Å². The highest BCUT2D eigenvalue weighted by molar-refractivity contribution is 5.71. The summed E-state index contributed by atoms with van der Waals surface area (Å²) in [5, 5.41) is 5.92. The van der Waals surface area contributed by atoms with Crippen molar-refractivity contribution in [2.75, 3.05) is 17.3 Å². The lowest BCUT2D eigenvalue weighted by Gasteiger charge is -1.92. The number of rotatable bonds is 0. The molecule has 1 aromatic rings. The Morgan fingerprint density at radius 2 is 2.30 bits per heavy atom. The summed E-state index contributed by atoms with van der Waals surface area (Å²) in [5.41, 5.74) is 1.45. The van der Waals surface area contributed by atoms with Crippen molar-refractivity contribution >= 4 is 11.4 Å². The summed E-state index contributed by atoms with van der Waals surface area (Å²) in [6, 6.07) is 1.83. The predicted octanol–water partition coefficient (Wildman–Crippen LogP) is 0.170. The van der Waals surface area contributed by atoms with E-state index in [4.69, 9.17) is 0 Å². The Labute approximate surface area is 57.3 Å². The zero-order valence-corrected chi connectivity index (χ0v) is 5.27. The Morgan fingerprint density at radius 3 is 3.10 bits per heavy atom. The van der Waals surface area contributed by atoms with Crippen molar-refractivity contribution in [3.05, 3.63) is 22.6 Å². The third-order valence-corrected chi connectivity index (χ3v) is 1.50. The van der Waals surface area contributed by atoms with E-state index in [0.29, 0.717) is 12.4 Å². The third kappa shape index (κ3) is 0.586. The van der Waals surface area contributed by atoms with Gasteiger partial charge in [0.05, 0.1) is 12.4 Å². The molecule has 4 heteroatoms. The minimum atomic E-state index is -0.0671. The first kappa shape index (κ1) is 5.34. The van der Waals surface area contributed by atoms with Crippen LogP contribution in [-0.4, -0.2) is 11.7 Å². The van der Waals surface area contributed by atoms with Crippen molar-refractivity contribution in [1.82, 2.24) is 4.98 Å². The van der Waals surface area contributed by atoms with Crippen LogP contribution in [0.1, 0.15) is 0 Å². The van der Waals surface area contributed by atoms with Gasteiger partial charge in [-0.05, 0) is 6.07 Å². The number of fused-ring (bicyclic) bond motifs is 1. The standard InChI is InChI=1S/C6H7N3O/c10-6-5-4(1-2-7-6)8-3-9-5/h1-2,8-9H,3H2,(H,7,10). The molecule has 0 radical (unpaired) electrons. The molecule has 1 aliphatic rings. The zero-order valence-electron chi connectivity index (χ0n) is 5.27. The fourth-order valence-electron chi connectivity index (χ4n) is 1.03. The normalized spacial score (nSPS) is 13.6. The molecule has 1 aromatic heterocycles. The van der Waals surface area contributed by atoms with Gasteiger partial charge in [0.25, 0.3) is 5.56 Å². The van der Waals surface area contributed by atoms with Gasteiger partial charge in [0.2, 0.25) is 0 Å². The monoisotopic (exact) mass is 137 g/mol. The largest absolute Gasteiger partial charge is 0.366 e. The molecule has 0 saturated heterocycles. The quantitative estimate of drug-likeness (QED) is 0.477. The van der Waals surface area contributed by atoms with Crippen LogP contribution >= 0.6 is 0 Å². The first-order chi connectivity index (χ1) is 4.88. The number of nitrogens with one attached hydrogen (secondary N) is 3. The summed E-state index contributed by atoms with van der Waals surface area (Å²) in [6.45, 7) is 0.641. The predicted molar refractivity (Wildman–Crippen MR) is 39.2 cm³/mol. The molecule has 0 spiro atoms. The van der Waals surface area contributed by atoms with E-state index in [2.05, 4.69) is 15.6 Å². The number of aromatic nitrogens is 1. The summed E-state index contributed by atoms with van der Waals surface area (Å²) in [6.07, 6.45) is 1.63. The molecule has 0 aromatic carbocycles. The number of pyridine rings is 1. The maximum absolute atomic E-state index is 11.0. The second kappa shape index (κ2) is 1.76. The number of aromatic amines is 1. The van der Waals surface area contributed by atoms with Crippen molar-refractivity contribution < 1.29 is 0 Å². The minimum Gasteiger partial charge on any atom is -0.366 e. The molecule has 1 aliphatic heterocycles. The van der Waals surface area contributed by atoms with Gasteiger partial charge in [-0.2, -0.15) is 0 Å². The Morgan fingerprint density at radius 1 is 1.40 bits per heavy atom. The van der Waals surface area contributed by atoms with Crippen LogP contribution in [0.5, 0.6) is 0 Å². The molecule has 2 rings (SSSR count). The molecular weight excluding hydrogens is 130 g/mol. The molecule has 0 fully saturated rings. The van der Waals surface area contributed by atoms with Crippen LogP contribution in [0.3, 0.4) is 0 Å². The van der Waals surface area contributed by atoms with Crippen LogP contribution in [-0.2, 0) is 0 Å². The molecule has 0 unspecified atom stereocenters. The van der Waals surface area contributed by atoms with Crippen molar-refractivity contribution in [1.29, 1.82) is 0 Å². The van der Waals surface area contributed by atoms with Crippen molar-refractivity contribution in [3.8, 4) is 0 Å². The second-order valence-corrected chi connectivity index (χ2v) is 2.13. The van der Waals surface area contributed by atoms with Crippen molar-refractivity contribution in [2.24, 2.45) is 0 Å². The van der Waals surface area contributed by atoms with E-state index in [1.165, 1.54) is 0 Å². The lowest BCUT2D eigenvalue weighted by Crippen LogP contribution is -2.08. The molecule has 0 saturated carbocycles. The lowest BCUT2D eigenvalue weighted by molar-refractivity contribution is 1.24. The Bertz CT molecular complexity index is 304. The molecule has 2 heterocycles. The van der Waals surface area contributed by atoms with Crippen LogP contribution in [0.15, 0.2) is 17.1 Å². The SMILES string of the molecule is O=c1[nH]ccc2c1NCN2. The van der Waals surface area contributed by atoms with E-state index in [0.717, 1.165) is 5.69 Å². The smallest absolute Gasteiger partial charge is 0.273 e. The van der Waals surface area contributed by atoms with Crippen LogP contribution in [0.25, 0.3) is 0 Å². The first-order valence-corrected chi connectivity index (χ1v) is 3.07. The average Bonchev–Trinajstić information content (AvgIpc) is 2.36. The summed E-state index contributed by atoms with van der Waals surface area (Å²) in [4.78, 5) is 13.5. The molecule has 0 amide bonds. The number of anilines is 2. The van der Waals surface area contributed by atoms with E-state index in [-0.39, 0.29) is 5.56 Å². The van der Waals surface area contributed by atoms with Gasteiger partial charge in [-0.15, -0.1) is 0 Å². The fourth-order valence-corrected chi connectivity index (χ4v) is 1.03. The molecule has 4 nitrogen and oxygen atoms in total. The van der Waals surface area contributed by atoms with Gasteiger partial charge in [0, 0.05) is 6.20 Å². The van der Waals surface area contributed by atoms with Gasteiger partial charge < -0.3 is 15.6 Å². The highest BCUT2D eigenvalue weighted by atomic mass is 16.1. The van der Waals surface area contributed by atoms with Crippen LogP contribution in [0.2, 0.25) is 0 Å². The van der Waals surface area contributed by atoms with E-state index in [1.54, 1.807) is 6.20 Å². The summed E-state index contributed by atoms with van der Waals surface area (Å²) in [7, 11) is 0. The minimum absolute atomic E-state index is 0.0671. The molecular formula is C6H7N3O. The van der Waals surface area contributed by atoms with Crippen molar-refractivity contribution in [3.63, 3.8) is 0 Å². The summed E-state index contributed by atoms with van der Waals surface area (Å²) in [5.74, 6) is 0. The van der Waals surface area contributed by atoms with E-state index < -0.39 is 0 Å².